The fourth-order valence-electron chi connectivity index (χ4n) is 4.75. The lowest BCUT2D eigenvalue weighted by Gasteiger charge is -2.38. The number of nitrogens with one attached hydrogen (secondary N) is 1. The van der Waals surface area contributed by atoms with Gasteiger partial charge in [0.2, 0.25) is 11.1 Å². The quantitative estimate of drug-likeness (QED) is 0.413. The molecule has 0 fully saturated rings. The maximum Gasteiger partial charge on any atom is 0.227 e. The topological polar surface area (TPSA) is 78.3 Å². The zero-order chi connectivity index (χ0) is 24.7. The monoisotopic (exact) mass is 510 g/mol. The van der Waals surface area contributed by atoms with E-state index in [1.165, 1.54) is 11.8 Å². The first-order chi connectivity index (χ1) is 16.8. The number of hydrogen-bond donors (Lipinski definition) is 1. The van der Waals surface area contributed by atoms with Crippen LogP contribution in [0.5, 0.6) is 11.5 Å². The molecule has 1 aromatic heterocycles. The molecule has 1 aliphatic carbocycles. The second-order valence-electron chi connectivity index (χ2n) is 9.51. The third-order valence-electron chi connectivity index (χ3n) is 6.36. The number of benzene rings is 2. The minimum absolute atomic E-state index is 0.102. The minimum atomic E-state index is -0.475. The van der Waals surface area contributed by atoms with E-state index in [1.807, 2.05) is 42.5 Å². The van der Waals surface area contributed by atoms with Crippen molar-refractivity contribution in [1.29, 1.82) is 0 Å². The van der Waals surface area contributed by atoms with E-state index in [-0.39, 0.29) is 11.2 Å². The molecule has 7 nitrogen and oxygen atoms in total. The summed E-state index contributed by atoms with van der Waals surface area (Å²) in [5.41, 5.74) is 3.28. The highest BCUT2D eigenvalue weighted by Gasteiger charge is 2.42. The second kappa shape index (κ2) is 9.24. The van der Waals surface area contributed by atoms with Gasteiger partial charge in [0.05, 0.1) is 14.2 Å². The number of nitrogens with zero attached hydrogens (tertiary/aromatic N) is 3. The Morgan fingerprint density at radius 2 is 1.97 bits per heavy atom. The first-order valence-corrected chi connectivity index (χ1v) is 12.7. The summed E-state index contributed by atoms with van der Waals surface area (Å²) in [4.78, 5) is 18.3. The van der Waals surface area contributed by atoms with Gasteiger partial charge in [-0.3, -0.25) is 4.79 Å². The van der Waals surface area contributed by atoms with E-state index in [0.29, 0.717) is 45.4 Å². The van der Waals surface area contributed by atoms with Gasteiger partial charge in [-0.1, -0.05) is 55.4 Å². The molecule has 1 aliphatic heterocycles. The molecule has 0 saturated heterocycles. The Morgan fingerprint density at radius 3 is 2.71 bits per heavy atom. The SMILES string of the molecule is COc1ccc(OC)c(C2C3=C(CC(C)(C)CC3=O)Nc3nc(SCc4ccccc4Cl)nn32)c1. The van der Waals surface area contributed by atoms with E-state index in [4.69, 9.17) is 31.2 Å². The van der Waals surface area contributed by atoms with Crippen LogP contribution in [0.3, 0.4) is 0 Å². The number of rotatable bonds is 6. The number of anilines is 1. The van der Waals surface area contributed by atoms with Crippen LogP contribution in [-0.4, -0.2) is 34.8 Å². The number of halogens is 1. The predicted molar refractivity (Wildman–Crippen MR) is 137 cm³/mol. The maximum atomic E-state index is 13.5. The predicted octanol–water partition coefficient (Wildman–Crippen LogP) is 5.90. The lowest BCUT2D eigenvalue weighted by molar-refractivity contribution is -0.118. The van der Waals surface area contributed by atoms with E-state index >= 15 is 0 Å². The Balaban J connectivity index is 1.59. The number of Topliss-reactive ketones (excluding diaryl/α,β-unsaturated/α-hetero) is 1. The van der Waals surface area contributed by atoms with Gasteiger partial charge in [-0.15, -0.1) is 5.10 Å². The van der Waals surface area contributed by atoms with Crippen LogP contribution in [0.2, 0.25) is 5.02 Å². The first kappa shape index (κ1) is 23.8. The summed E-state index contributed by atoms with van der Waals surface area (Å²) >= 11 is 7.84. The zero-order valence-corrected chi connectivity index (χ0v) is 21.7. The third-order valence-corrected chi connectivity index (χ3v) is 7.61. The molecular formula is C26H27ClN4O3S. The van der Waals surface area contributed by atoms with E-state index in [1.54, 1.807) is 18.9 Å². The van der Waals surface area contributed by atoms with Crippen molar-refractivity contribution >= 4 is 35.1 Å². The molecule has 2 aliphatic rings. The van der Waals surface area contributed by atoms with Crippen LogP contribution in [0.4, 0.5) is 5.95 Å². The zero-order valence-electron chi connectivity index (χ0n) is 20.1. The standard InChI is InChI=1S/C26H27ClN4O3S/c1-26(2)12-19-22(20(32)13-26)23(17-11-16(33-3)9-10-21(17)34-4)31-24(28-19)29-25(30-31)35-14-15-7-5-6-8-18(15)27/h5-11,23H,12-14H2,1-4H3,(H,28,29,30). The lowest BCUT2D eigenvalue weighted by atomic mass is 9.73. The highest BCUT2D eigenvalue weighted by Crippen LogP contribution is 2.47. The van der Waals surface area contributed by atoms with Gasteiger partial charge in [-0.05, 0) is 41.7 Å². The number of allylic oxidation sites excluding steroid dienone is 2. The molecule has 0 radical (unpaired) electrons. The van der Waals surface area contributed by atoms with Crippen molar-refractivity contribution in [2.24, 2.45) is 5.41 Å². The summed E-state index contributed by atoms with van der Waals surface area (Å²) in [6.45, 7) is 4.23. The molecular weight excluding hydrogens is 484 g/mol. The van der Waals surface area contributed by atoms with Crippen molar-refractivity contribution in [1.82, 2.24) is 14.8 Å². The smallest absolute Gasteiger partial charge is 0.227 e. The van der Waals surface area contributed by atoms with Crippen LogP contribution in [-0.2, 0) is 10.5 Å². The van der Waals surface area contributed by atoms with Crippen molar-refractivity contribution in [3.05, 3.63) is 69.9 Å². The molecule has 1 N–H and O–H groups in total. The van der Waals surface area contributed by atoms with Crippen LogP contribution >= 0.6 is 23.4 Å². The summed E-state index contributed by atoms with van der Waals surface area (Å²) in [6.07, 6.45) is 1.21. The van der Waals surface area contributed by atoms with Crippen molar-refractivity contribution in [2.75, 3.05) is 19.5 Å². The van der Waals surface area contributed by atoms with E-state index in [2.05, 4.69) is 19.2 Å². The molecule has 2 heterocycles. The molecule has 0 amide bonds. The number of methoxy groups -OCH3 is 2. The van der Waals surface area contributed by atoms with Gasteiger partial charge >= 0.3 is 0 Å². The Kier molecular flexibility index (Phi) is 6.27. The number of thioether (sulfide) groups is 1. The van der Waals surface area contributed by atoms with E-state index in [0.717, 1.165) is 23.2 Å². The van der Waals surface area contributed by atoms with Gasteiger partial charge < -0.3 is 14.8 Å². The summed E-state index contributed by atoms with van der Waals surface area (Å²) in [5, 5.41) is 9.56. The van der Waals surface area contributed by atoms with Crippen molar-refractivity contribution in [3.63, 3.8) is 0 Å². The van der Waals surface area contributed by atoms with Crippen LogP contribution in [0.25, 0.3) is 0 Å². The van der Waals surface area contributed by atoms with Crippen molar-refractivity contribution < 1.29 is 14.3 Å². The van der Waals surface area contributed by atoms with Gasteiger partial charge in [0.1, 0.15) is 17.5 Å². The Hall–Kier alpha value is -2.97. The van der Waals surface area contributed by atoms with Gasteiger partial charge in [-0.2, -0.15) is 4.98 Å². The molecule has 9 heteroatoms. The number of ether oxygens (including phenoxy) is 2. The second-order valence-corrected chi connectivity index (χ2v) is 10.9. The highest BCUT2D eigenvalue weighted by molar-refractivity contribution is 7.98. The third kappa shape index (κ3) is 4.52. The Labute approximate surface area is 213 Å². The summed E-state index contributed by atoms with van der Waals surface area (Å²) in [5.74, 6) is 2.68. The normalized spacial score (nSPS) is 18.5. The summed E-state index contributed by atoms with van der Waals surface area (Å²) in [6, 6.07) is 12.9. The molecule has 0 spiro atoms. The fraction of sp³-hybridized carbons (Fsp3) is 0.346. The van der Waals surface area contributed by atoms with Crippen molar-refractivity contribution in [3.8, 4) is 11.5 Å². The average molecular weight is 511 g/mol. The average Bonchev–Trinajstić information content (AvgIpc) is 3.23. The van der Waals surface area contributed by atoms with E-state index in [9.17, 15) is 4.79 Å². The highest BCUT2D eigenvalue weighted by atomic mass is 35.5. The molecule has 182 valence electrons. The molecule has 35 heavy (non-hydrogen) atoms. The van der Waals surface area contributed by atoms with Crippen molar-refractivity contribution in [2.45, 2.75) is 43.6 Å². The molecule has 3 aromatic rings. The van der Waals surface area contributed by atoms with Crippen LogP contribution in [0.1, 0.15) is 43.9 Å². The van der Waals surface area contributed by atoms with Crippen LogP contribution in [0, 0.1) is 5.41 Å². The number of carbonyl (C=O) groups is 1. The molecule has 0 bridgehead atoms. The number of hydrogen-bond acceptors (Lipinski definition) is 7. The first-order valence-electron chi connectivity index (χ1n) is 11.4. The van der Waals surface area contributed by atoms with Gasteiger partial charge in [0, 0.05) is 34.0 Å². The Bertz CT molecular complexity index is 1330. The molecule has 1 atom stereocenters. The minimum Gasteiger partial charge on any atom is -0.497 e. The fourth-order valence-corrected chi connectivity index (χ4v) is 5.86. The molecule has 0 saturated carbocycles. The van der Waals surface area contributed by atoms with Gasteiger partial charge in [0.25, 0.3) is 0 Å². The summed E-state index contributed by atoms with van der Waals surface area (Å²) < 4.78 is 13.0. The number of aromatic nitrogens is 3. The van der Waals surface area contributed by atoms with Crippen LogP contribution < -0.4 is 14.8 Å². The Morgan fingerprint density at radius 1 is 1.17 bits per heavy atom. The maximum absolute atomic E-state index is 13.5. The molecule has 2 aromatic carbocycles. The molecule has 1 unspecified atom stereocenters. The number of ketones is 1. The largest absolute Gasteiger partial charge is 0.497 e. The summed E-state index contributed by atoms with van der Waals surface area (Å²) in [7, 11) is 3.25. The lowest BCUT2D eigenvalue weighted by Crippen LogP contribution is -2.36. The van der Waals surface area contributed by atoms with Crippen LogP contribution in [0.15, 0.2) is 58.9 Å². The van der Waals surface area contributed by atoms with Gasteiger partial charge in [-0.25, -0.2) is 4.68 Å². The number of carbonyl (C=O) groups excluding carboxylic acids is 1. The number of fused-ring (bicyclic) bond motifs is 1. The van der Waals surface area contributed by atoms with E-state index < -0.39 is 6.04 Å². The molecule has 5 rings (SSSR count). The van der Waals surface area contributed by atoms with Gasteiger partial charge in [0.15, 0.2) is 5.78 Å².